The second kappa shape index (κ2) is 33.8. The molecule has 384 valence electrons. The summed E-state index contributed by atoms with van der Waals surface area (Å²) in [6, 6.07) is 0. The lowest BCUT2D eigenvalue weighted by atomic mass is 9.85. The number of hydrogen-bond acceptors (Lipinski definition) is 14. The molecule has 64 heavy (non-hydrogen) atoms. The van der Waals surface area contributed by atoms with Gasteiger partial charge in [-0.15, -0.1) is 0 Å². The molecule has 0 aromatic heterocycles. The van der Waals surface area contributed by atoms with E-state index in [9.17, 15) is 9.50 Å². The predicted molar refractivity (Wildman–Crippen MR) is 247 cm³/mol. The van der Waals surface area contributed by atoms with Crippen molar-refractivity contribution >= 4 is 0 Å². The molecule has 0 unspecified atom stereocenters. The van der Waals surface area contributed by atoms with Crippen molar-refractivity contribution in [3.63, 3.8) is 0 Å². The number of alkyl halides is 1. The first-order valence-electron chi connectivity index (χ1n) is 24.7. The quantitative estimate of drug-likeness (QED) is 0.0654. The Morgan fingerprint density at radius 3 is 1.00 bits per heavy atom. The Kier molecular flexibility index (Phi) is 32.4. The molecule has 4 heterocycles. The standard InChI is InChI=1S/C13H26O4.C12H23FO3.C12H24O4.C12H24O3/c1-9(2)12-11(5-7-15)17-10(3)13(12)16-8-4-6-14;1-8(2)11-10(7-13)16-9(3)12(11)15-6-4-5-14;1-8(2)11-10(7-14)16-9(3)12(11)15-6-4-5-13;1-8(2)11-9(3)15-10(4)12(11)14-7-5-6-13/h9-15H,4-8H2,1-3H3;8-12,14H,4-7H2,1-3H3;8-14H,4-7H2,1-3H3;8-13H,5-7H2,1-4H3/t10-,11+,12+,13-;2*9-,10+,11+,12-;9-,10+,11-,12+/m0001/s1. The average molecular weight is 929 g/mol. The van der Waals surface area contributed by atoms with E-state index >= 15 is 0 Å². The van der Waals surface area contributed by atoms with Crippen molar-refractivity contribution < 1.29 is 72.9 Å². The highest BCUT2D eigenvalue weighted by Gasteiger charge is 2.46. The molecule has 0 aromatic rings. The summed E-state index contributed by atoms with van der Waals surface area (Å²) < 4.78 is 58.9. The van der Waals surface area contributed by atoms with Crippen LogP contribution < -0.4 is 0 Å². The van der Waals surface area contributed by atoms with Gasteiger partial charge in [-0.1, -0.05) is 55.4 Å². The van der Waals surface area contributed by atoms with Crippen molar-refractivity contribution in [2.24, 2.45) is 47.3 Å². The molecule has 4 aliphatic heterocycles. The molecular formula is C49H97FO14. The number of halogens is 1. The highest BCUT2D eigenvalue weighted by molar-refractivity contribution is 4.94. The highest BCUT2D eigenvalue weighted by Crippen LogP contribution is 2.38. The van der Waals surface area contributed by atoms with Crippen molar-refractivity contribution in [1.29, 1.82) is 0 Å². The van der Waals surface area contributed by atoms with Gasteiger partial charge in [0.1, 0.15) is 6.67 Å². The minimum atomic E-state index is -0.451. The van der Waals surface area contributed by atoms with Crippen LogP contribution in [0, 0.1) is 47.3 Å². The zero-order chi connectivity index (χ0) is 48.5. The number of ether oxygens (including phenoxy) is 8. The maximum absolute atomic E-state index is 12.8. The summed E-state index contributed by atoms with van der Waals surface area (Å²) in [4.78, 5) is 0. The van der Waals surface area contributed by atoms with Gasteiger partial charge in [0.25, 0.3) is 0 Å². The van der Waals surface area contributed by atoms with Crippen LogP contribution in [-0.4, -0.2) is 177 Å². The van der Waals surface area contributed by atoms with Gasteiger partial charge >= 0.3 is 0 Å². The summed E-state index contributed by atoms with van der Waals surface area (Å²) in [7, 11) is 0. The Hall–Kier alpha value is -0.630. The predicted octanol–water partition coefficient (Wildman–Crippen LogP) is 5.62. The SMILES string of the molecule is CC(C)[C@H]1[C@@H](OCCCO)[C@H](C)O[C@@H]1C.CC(C)[C@H]1[C@@H](OCCCO)[C@H](C)O[C@@H]1CCO.CC(C)[C@H]1[C@@H](OCCCO)[C@H](C)O[C@@H]1CF.CC(C)[C@H]1[C@@H](OCCCO)[C@H](C)O[C@@H]1CO. The molecule has 4 rings (SSSR count). The van der Waals surface area contributed by atoms with E-state index < -0.39 is 6.67 Å². The first-order chi connectivity index (χ1) is 30.4. The second-order valence-corrected chi connectivity index (χ2v) is 19.5. The smallest absolute Gasteiger partial charge is 0.116 e. The summed E-state index contributed by atoms with van der Waals surface area (Å²) in [6.45, 7) is 29.9. The fraction of sp³-hybridized carbons (Fsp3) is 1.00. The second-order valence-electron chi connectivity index (χ2n) is 19.5. The zero-order valence-electron chi connectivity index (χ0n) is 42.2. The van der Waals surface area contributed by atoms with E-state index in [0.717, 1.165) is 0 Å². The molecule has 0 bridgehead atoms. The maximum Gasteiger partial charge on any atom is 0.116 e. The van der Waals surface area contributed by atoms with Crippen LogP contribution in [0.15, 0.2) is 0 Å². The van der Waals surface area contributed by atoms with E-state index in [0.29, 0.717) is 94.0 Å². The van der Waals surface area contributed by atoms with Crippen LogP contribution in [-0.2, 0) is 37.9 Å². The topological polar surface area (TPSA) is 195 Å². The molecule has 4 fully saturated rings. The van der Waals surface area contributed by atoms with Crippen molar-refractivity contribution in [1.82, 2.24) is 0 Å². The van der Waals surface area contributed by atoms with Gasteiger partial charge in [-0.2, -0.15) is 0 Å². The lowest BCUT2D eigenvalue weighted by Crippen LogP contribution is -2.34. The van der Waals surface area contributed by atoms with Crippen molar-refractivity contribution in [2.45, 2.75) is 195 Å². The summed E-state index contributed by atoms with van der Waals surface area (Å²) >= 11 is 0. The molecule has 14 nitrogen and oxygen atoms in total. The highest BCUT2D eigenvalue weighted by atomic mass is 19.1. The van der Waals surface area contributed by atoms with Crippen molar-refractivity contribution in [3.8, 4) is 0 Å². The Morgan fingerprint density at radius 2 is 0.688 bits per heavy atom. The van der Waals surface area contributed by atoms with Crippen molar-refractivity contribution in [3.05, 3.63) is 0 Å². The Balaban J connectivity index is 0.000000427. The molecule has 4 saturated heterocycles. The summed E-state index contributed by atoms with van der Waals surface area (Å²) in [5.74, 6) is 2.94. The molecule has 4 aliphatic rings. The molecule has 0 amide bonds. The van der Waals surface area contributed by atoms with E-state index in [1.807, 2.05) is 20.8 Å². The van der Waals surface area contributed by atoms with Gasteiger partial charge in [0.15, 0.2) is 0 Å². The van der Waals surface area contributed by atoms with E-state index in [-0.39, 0.29) is 125 Å². The molecule has 0 aromatic carbocycles. The zero-order valence-corrected chi connectivity index (χ0v) is 42.2. The summed E-state index contributed by atoms with van der Waals surface area (Å²) in [5, 5.41) is 53.3. The van der Waals surface area contributed by atoms with Gasteiger partial charge in [-0.25, -0.2) is 4.39 Å². The van der Waals surface area contributed by atoms with Crippen LogP contribution in [0.2, 0.25) is 0 Å². The fourth-order valence-corrected chi connectivity index (χ4v) is 10.2. The van der Waals surface area contributed by atoms with E-state index in [2.05, 4.69) is 69.2 Å². The van der Waals surface area contributed by atoms with Crippen molar-refractivity contribution in [2.75, 3.05) is 72.7 Å². The Bertz CT molecular complexity index is 1080. The average Bonchev–Trinajstić information content (AvgIpc) is 3.94. The Morgan fingerprint density at radius 1 is 0.391 bits per heavy atom. The summed E-state index contributed by atoms with van der Waals surface area (Å²) in [5.41, 5.74) is 0. The largest absolute Gasteiger partial charge is 0.396 e. The normalized spacial score (nSPS) is 34.9. The maximum atomic E-state index is 12.8. The lowest BCUT2D eigenvalue weighted by Gasteiger charge is -2.26. The first kappa shape index (κ1) is 61.4. The molecule has 0 radical (unpaired) electrons. The van der Waals surface area contributed by atoms with Gasteiger partial charge in [0.05, 0.1) is 79.9 Å². The third kappa shape index (κ3) is 19.8. The van der Waals surface area contributed by atoms with Gasteiger partial charge in [-0.3, -0.25) is 0 Å². The summed E-state index contributed by atoms with van der Waals surface area (Å²) in [6.07, 6.45) is 3.68. The molecule has 0 spiro atoms. The minimum Gasteiger partial charge on any atom is -0.396 e. The molecule has 15 heteroatoms. The number of hydrogen-bond donors (Lipinski definition) is 6. The van der Waals surface area contributed by atoms with Gasteiger partial charge in [-0.05, 0) is 90.4 Å². The minimum absolute atomic E-state index is 0.0169. The van der Waals surface area contributed by atoms with Crippen LogP contribution in [0.4, 0.5) is 4.39 Å². The first-order valence-corrected chi connectivity index (χ1v) is 24.7. The van der Waals surface area contributed by atoms with Crippen LogP contribution >= 0.6 is 0 Å². The molecule has 0 saturated carbocycles. The number of rotatable bonds is 24. The third-order valence-electron chi connectivity index (χ3n) is 13.1. The van der Waals surface area contributed by atoms with E-state index in [1.54, 1.807) is 0 Å². The van der Waals surface area contributed by atoms with Gasteiger partial charge < -0.3 is 68.5 Å². The molecular weight excluding hydrogens is 832 g/mol. The fourth-order valence-electron chi connectivity index (χ4n) is 10.2. The third-order valence-corrected chi connectivity index (χ3v) is 13.1. The molecule has 16 atom stereocenters. The number of aliphatic hydroxyl groups is 6. The molecule has 0 aliphatic carbocycles. The van der Waals surface area contributed by atoms with Crippen LogP contribution in [0.1, 0.15) is 122 Å². The number of aliphatic hydroxyl groups excluding tert-OH is 6. The monoisotopic (exact) mass is 929 g/mol. The van der Waals surface area contributed by atoms with E-state index in [1.165, 1.54) is 0 Å². The van der Waals surface area contributed by atoms with Crippen LogP contribution in [0.25, 0.3) is 0 Å². The van der Waals surface area contributed by atoms with Crippen LogP contribution in [0.3, 0.4) is 0 Å². The molecule has 6 N–H and O–H groups in total. The van der Waals surface area contributed by atoms with Gasteiger partial charge in [0.2, 0.25) is 0 Å². The van der Waals surface area contributed by atoms with E-state index in [4.69, 9.17) is 63.4 Å². The van der Waals surface area contributed by atoms with Crippen LogP contribution in [0.5, 0.6) is 0 Å². The van der Waals surface area contributed by atoms with Gasteiger partial charge in [0, 0.05) is 83.1 Å². The lowest BCUT2D eigenvalue weighted by molar-refractivity contribution is -0.0261. The Labute approximate surface area is 387 Å².